The third-order valence-electron chi connectivity index (χ3n) is 3.66. The number of H-pyrrole nitrogens is 1. The van der Waals surface area contributed by atoms with Crippen molar-refractivity contribution in [3.63, 3.8) is 0 Å². The molecule has 1 aliphatic rings. The van der Waals surface area contributed by atoms with Crippen LogP contribution in [0.25, 0.3) is 11.2 Å². The van der Waals surface area contributed by atoms with Gasteiger partial charge in [-0.3, -0.25) is 0 Å². The maximum atomic E-state index is 4.31. The van der Waals surface area contributed by atoms with Crippen LogP contribution < -0.4 is 5.32 Å². The van der Waals surface area contributed by atoms with Crippen molar-refractivity contribution in [1.29, 1.82) is 0 Å². The Labute approximate surface area is 100 Å². The zero-order chi connectivity index (χ0) is 11.7. The molecule has 0 saturated heterocycles. The molecule has 90 valence electrons. The van der Waals surface area contributed by atoms with Crippen LogP contribution in [0, 0.1) is 5.92 Å². The molecule has 3 rings (SSSR count). The van der Waals surface area contributed by atoms with Gasteiger partial charge in [0.15, 0.2) is 11.5 Å². The zero-order valence-electron chi connectivity index (χ0n) is 9.98. The first-order chi connectivity index (χ1) is 8.34. The first-order valence-corrected chi connectivity index (χ1v) is 6.25. The molecule has 2 unspecified atom stereocenters. The second-order valence-electron chi connectivity index (χ2n) is 4.84. The second-order valence-corrected chi connectivity index (χ2v) is 4.84. The van der Waals surface area contributed by atoms with E-state index in [1.807, 2.05) is 0 Å². The highest BCUT2D eigenvalue weighted by Gasteiger charge is 2.22. The Hall–Kier alpha value is -1.65. The van der Waals surface area contributed by atoms with Crippen molar-refractivity contribution in [2.75, 3.05) is 5.32 Å². The van der Waals surface area contributed by atoms with E-state index in [1.165, 1.54) is 25.7 Å². The summed E-state index contributed by atoms with van der Waals surface area (Å²) in [5, 5.41) is 3.54. The van der Waals surface area contributed by atoms with Crippen LogP contribution in [0.15, 0.2) is 12.7 Å². The van der Waals surface area contributed by atoms with Crippen molar-refractivity contribution in [3.8, 4) is 0 Å². The molecule has 0 aliphatic heterocycles. The van der Waals surface area contributed by atoms with Crippen LogP contribution in [0.1, 0.15) is 32.6 Å². The van der Waals surface area contributed by atoms with Crippen molar-refractivity contribution in [2.45, 2.75) is 38.6 Å². The van der Waals surface area contributed by atoms with E-state index in [9.17, 15) is 0 Å². The molecule has 17 heavy (non-hydrogen) atoms. The van der Waals surface area contributed by atoms with Gasteiger partial charge in [-0.15, -0.1) is 0 Å². The Morgan fingerprint density at radius 3 is 3.00 bits per heavy atom. The molecule has 0 bridgehead atoms. The average molecular weight is 231 g/mol. The maximum Gasteiger partial charge on any atom is 0.182 e. The molecule has 5 heteroatoms. The highest BCUT2D eigenvalue weighted by atomic mass is 15.1. The lowest BCUT2D eigenvalue weighted by molar-refractivity contribution is 0.349. The largest absolute Gasteiger partial charge is 0.365 e. The van der Waals surface area contributed by atoms with Crippen molar-refractivity contribution in [2.24, 2.45) is 5.92 Å². The Balaban J connectivity index is 1.86. The Morgan fingerprint density at radius 1 is 1.24 bits per heavy atom. The second kappa shape index (κ2) is 4.31. The van der Waals surface area contributed by atoms with Gasteiger partial charge in [-0.25, -0.2) is 15.0 Å². The fraction of sp³-hybridized carbons (Fsp3) is 0.583. The summed E-state index contributed by atoms with van der Waals surface area (Å²) in [6, 6.07) is 0.519. The molecule has 2 aromatic heterocycles. The average Bonchev–Trinajstić information content (AvgIpc) is 2.81. The first kappa shape index (κ1) is 10.5. The van der Waals surface area contributed by atoms with Gasteiger partial charge in [0.25, 0.3) is 0 Å². The molecular formula is C12H17N5. The van der Waals surface area contributed by atoms with Gasteiger partial charge in [-0.2, -0.15) is 0 Å². The molecule has 1 fully saturated rings. The summed E-state index contributed by atoms with van der Waals surface area (Å²) in [6.07, 6.45) is 8.41. The van der Waals surface area contributed by atoms with Gasteiger partial charge in [0.2, 0.25) is 0 Å². The minimum Gasteiger partial charge on any atom is -0.365 e. The molecule has 0 radical (unpaired) electrons. The van der Waals surface area contributed by atoms with Gasteiger partial charge in [-0.05, 0) is 18.8 Å². The van der Waals surface area contributed by atoms with Gasteiger partial charge >= 0.3 is 0 Å². The Morgan fingerprint density at radius 2 is 2.12 bits per heavy atom. The minimum absolute atomic E-state index is 0.519. The van der Waals surface area contributed by atoms with Crippen LogP contribution in [-0.2, 0) is 0 Å². The van der Waals surface area contributed by atoms with Crippen LogP contribution >= 0.6 is 0 Å². The lowest BCUT2D eigenvalue weighted by atomic mass is 9.86. The normalized spacial score (nSPS) is 25.0. The number of rotatable bonds is 2. The smallest absolute Gasteiger partial charge is 0.182 e. The van der Waals surface area contributed by atoms with Crippen LogP contribution in [0.4, 0.5) is 5.82 Å². The summed E-state index contributed by atoms with van der Waals surface area (Å²) in [5.41, 5.74) is 1.64. The number of anilines is 1. The van der Waals surface area contributed by atoms with E-state index in [0.717, 1.165) is 17.0 Å². The monoisotopic (exact) mass is 231 g/mol. The SMILES string of the molecule is CC1CCCCC1Nc1ncnc2nc[nH]c12. The molecule has 2 N–H and O–H groups in total. The van der Waals surface area contributed by atoms with Crippen molar-refractivity contribution in [1.82, 2.24) is 19.9 Å². The van der Waals surface area contributed by atoms with Crippen LogP contribution in [-0.4, -0.2) is 26.0 Å². The van der Waals surface area contributed by atoms with Crippen LogP contribution in [0.2, 0.25) is 0 Å². The van der Waals surface area contributed by atoms with Crippen molar-refractivity contribution < 1.29 is 0 Å². The summed E-state index contributed by atoms with van der Waals surface area (Å²) in [6.45, 7) is 2.31. The van der Waals surface area contributed by atoms with Gasteiger partial charge in [0.05, 0.1) is 6.33 Å². The molecule has 2 aromatic rings. The summed E-state index contributed by atoms with van der Waals surface area (Å²) in [5.74, 6) is 1.59. The maximum absolute atomic E-state index is 4.31. The van der Waals surface area contributed by atoms with Gasteiger partial charge < -0.3 is 10.3 Å². The van der Waals surface area contributed by atoms with E-state index in [-0.39, 0.29) is 0 Å². The van der Waals surface area contributed by atoms with Crippen LogP contribution in [0.3, 0.4) is 0 Å². The summed E-state index contributed by atoms with van der Waals surface area (Å²) >= 11 is 0. The van der Waals surface area contributed by atoms with E-state index in [2.05, 4.69) is 32.2 Å². The highest BCUT2D eigenvalue weighted by molar-refractivity contribution is 5.82. The summed E-state index contributed by atoms with van der Waals surface area (Å²) in [4.78, 5) is 15.7. The number of nitrogens with zero attached hydrogens (tertiary/aromatic N) is 3. The Kier molecular flexibility index (Phi) is 2.66. The third kappa shape index (κ3) is 1.97. The summed E-state index contributed by atoms with van der Waals surface area (Å²) < 4.78 is 0. The van der Waals surface area contributed by atoms with Crippen molar-refractivity contribution >= 4 is 17.0 Å². The van der Waals surface area contributed by atoms with E-state index in [1.54, 1.807) is 12.7 Å². The highest BCUT2D eigenvalue weighted by Crippen LogP contribution is 2.27. The van der Waals surface area contributed by atoms with E-state index < -0.39 is 0 Å². The van der Waals surface area contributed by atoms with E-state index in [4.69, 9.17) is 0 Å². The molecule has 1 aliphatic carbocycles. The lowest BCUT2D eigenvalue weighted by Gasteiger charge is -2.29. The number of nitrogens with one attached hydrogen (secondary N) is 2. The van der Waals surface area contributed by atoms with Gasteiger partial charge in [-0.1, -0.05) is 19.8 Å². The standard InChI is InChI=1S/C12H17N5/c1-8-4-2-3-5-9(8)17-12-10-11(14-6-13-10)15-7-16-12/h6-9H,2-5H2,1H3,(H2,13,14,15,16,17). The zero-order valence-corrected chi connectivity index (χ0v) is 9.98. The predicted molar refractivity (Wildman–Crippen MR) is 66.7 cm³/mol. The number of hydrogen-bond donors (Lipinski definition) is 2. The van der Waals surface area contributed by atoms with Crippen LogP contribution in [0.5, 0.6) is 0 Å². The molecular weight excluding hydrogens is 214 g/mol. The van der Waals surface area contributed by atoms with Gasteiger partial charge in [0.1, 0.15) is 11.8 Å². The number of fused-ring (bicyclic) bond motifs is 1. The molecule has 0 aromatic carbocycles. The quantitative estimate of drug-likeness (QED) is 0.832. The Bertz CT molecular complexity index is 506. The third-order valence-corrected chi connectivity index (χ3v) is 3.66. The molecule has 0 amide bonds. The molecule has 5 nitrogen and oxygen atoms in total. The van der Waals surface area contributed by atoms with Crippen molar-refractivity contribution in [3.05, 3.63) is 12.7 Å². The minimum atomic E-state index is 0.519. The van der Waals surface area contributed by atoms with Gasteiger partial charge in [0, 0.05) is 6.04 Å². The molecule has 0 spiro atoms. The number of hydrogen-bond acceptors (Lipinski definition) is 4. The van der Waals surface area contributed by atoms with E-state index >= 15 is 0 Å². The summed E-state index contributed by atoms with van der Waals surface area (Å²) in [7, 11) is 0. The fourth-order valence-electron chi connectivity index (χ4n) is 2.58. The molecule has 2 heterocycles. The van der Waals surface area contributed by atoms with E-state index in [0.29, 0.717) is 12.0 Å². The molecule has 2 atom stereocenters. The fourth-order valence-corrected chi connectivity index (χ4v) is 2.58. The predicted octanol–water partition coefficient (Wildman–Crippen LogP) is 2.34. The number of aromatic amines is 1. The number of aromatic nitrogens is 4. The lowest BCUT2D eigenvalue weighted by Crippen LogP contribution is -2.30. The topological polar surface area (TPSA) is 66.5 Å². The first-order valence-electron chi connectivity index (χ1n) is 6.25. The molecule has 1 saturated carbocycles. The number of imidazole rings is 1.